The number of hydrogen-bond donors (Lipinski definition) is 1. The third-order valence-electron chi connectivity index (χ3n) is 2.97. The van der Waals surface area contributed by atoms with Gasteiger partial charge in [0.2, 0.25) is 5.91 Å². The maximum atomic E-state index is 11.7. The van der Waals surface area contributed by atoms with Crippen LogP contribution in [0.1, 0.15) is 24.0 Å². The van der Waals surface area contributed by atoms with Gasteiger partial charge in [-0.1, -0.05) is 18.2 Å². The molecule has 1 heterocycles. The van der Waals surface area contributed by atoms with E-state index in [9.17, 15) is 4.79 Å². The average molecular weight is 204 g/mol. The van der Waals surface area contributed by atoms with Gasteiger partial charge in [0.1, 0.15) is 0 Å². The molecule has 0 saturated heterocycles. The third kappa shape index (κ3) is 1.75. The quantitative estimate of drug-likeness (QED) is 0.752. The van der Waals surface area contributed by atoms with Gasteiger partial charge in [-0.15, -0.1) is 0 Å². The number of rotatable bonds is 1. The number of aryl methyl sites for hydroxylation is 1. The summed E-state index contributed by atoms with van der Waals surface area (Å²) in [6, 6.07) is 6.10. The number of para-hydroxylation sites is 1. The van der Waals surface area contributed by atoms with Gasteiger partial charge in [-0.3, -0.25) is 4.79 Å². The van der Waals surface area contributed by atoms with Gasteiger partial charge < -0.3 is 10.6 Å². The van der Waals surface area contributed by atoms with Gasteiger partial charge in [0.25, 0.3) is 0 Å². The Morgan fingerprint density at radius 3 is 2.93 bits per heavy atom. The van der Waals surface area contributed by atoms with Crippen LogP contribution in [0.5, 0.6) is 0 Å². The van der Waals surface area contributed by atoms with E-state index in [0.717, 1.165) is 24.1 Å². The number of anilines is 1. The zero-order valence-electron chi connectivity index (χ0n) is 8.99. The Labute approximate surface area is 89.9 Å². The van der Waals surface area contributed by atoms with Crippen molar-refractivity contribution in [2.45, 2.75) is 25.8 Å². The Hall–Kier alpha value is -1.35. The molecule has 0 aromatic heterocycles. The Kier molecular flexibility index (Phi) is 2.73. The Morgan fingerprint density at radius 1 is 1.40 bits per heavy atom. The van der Waals surface area contributed by atoms with Crippen LogP contribution >= 0.6 is 0 Å². The summed E-state index contributed by atoms with van der Waals surface area (Å²) in [6.07, 6.45) is 2.54. The maximum Gasteiger partial charge on any atom is 0.226 e. The molecule has 15 heavy (non-hydrogen) atoms. The minimum atomic E-state index is 0.189. The summed E-state index contributed by atoms with van der Waals surface area (Å²) in [5, 5.41) is 0. The molecule has 2 N–H and O–H groups in total. The van der Waals surface area contributed by atoms with Crippen molar-refractivity contribution in [1.29, 1.82) is 0 Å². The molecular weight excluding hydrogens is 188 g/mol. The smallest absolute Gasteiger partial charge is 0.226 e. The van der Waals surface area contributed by atoms with Crippen molar-refractivity contribution in [1.82, 2.24) is 0 Å². The van der Waals surface area contributed by atoms with Crippen LogP contribution < -0.4 is 10.6 Å². The normalized spacial score (nSPS) is 16.1. The summed E-state index contributed by atoms with van der Waals surface area (Å²) in [7, 11) is 1.84. The first-order valence-corrected chi connectivity index (χ1v) is 5.31. The van der Waals surface area contributed by atoms with Crippen LogP contribution in [0.3, 0.4) is 0 Å². The molecule has 3 nitrogen and oxygen atoms in total. The van der Waals surface area contributed by atoms with E-state index in [1.807, 2.05) is 19.2 Å². The average Bonchev–Trinajstić information content (AvgIpc) is 2.40. The van der Waals surface area contributed by atoms with E-state index in [1.165, 1.54) is 5.56 Å². The Morgan fingerprint density at radius 2 is 2.20 bits per heavy atom. The number of fused-ring (bicyclic) bond motifs is 1. The lowest BCUT2D eigenvalue weighted by atomic mass is 10.0. The molecule has 1 aliphatic heterocycles. The topological polar surface area (TPSA) is 46.3 Å². The van der Waals surface area contributed by atoms with Crippen molar-refractivity contribution in [3.63, 3.8) is 0 Å². The first-order valence-electron chi connectivity index (χ1n) is 5.31. The van der Waals surface area contributed by atoms with Gasteiger partial charge in [0.15, 0.2) is 0 Å². The molecule has 0 radical (unpaired) electrons. The number of amides is 1. The van der Waals surface area contributed by atoms with Gasteiger partial charge in [-0.25, -0.2) is 0 Å². The summed E-state index contributed by atoms with van der Waals surface area (Å²) >= 11 is 0. The van der Waals surface area contributed by atoms with Crippen LogP contribution in [0.15, 0.2) is 18.2 Å². The van der Waals surface area contributed by atoms with Gasteiger partial charge in [-0.2, -0.15) is 0 Å². The Balaban J connectivity index is 2.54. The zero-order valence-corrected chi connectivity index (χ0v) is 8.99. The van der Waals surface area contributed by atoms with Crippen molar-refractivity contribution in [2.75, 3.05) is 11.9 Å². The van der Waals surface area contributed by atoms with E-state index < -0.39 is 0 Å². The van der Waals surface area contributed by atoms with E-state index >= 15 is 0 Å². The summed E-state index contributed by atoms with van der Waals surface area (Å²) < 4.78 is 0. The molecule has 0 atom stereocenters. The van der Waals surface area contributed by atoms with Gasteiger partial charge in [-0.05, 0) is 24.0 Å². The number of carbonyl (C=O) groups is 1. The van der Waals surface area contributed by atoms with Crippen LogP contribution in [-0.4, -0.2) is 13.0 Å². The lowest BCUT2D eigenvalue weighted by molar-refractivity contribution is -0.118. The summed E-state index contributed by atoms with van der Waals surface area (Å²) in [5.41, 5.74) is 9.03. The fourth-order valence-electron chi connectivity index (χ4n) is 2.16. The second kappa shape index (κ2) is 4.03. The van der Waals surface area contributed by atoms with Crippen molar-refractivity contribution in [3.8, 4) is 0 Å². The lowest BCUT2D eigenvalue weighted by Crippen LogP contribution is -2.26. The van der Waals surface area contributed by atoms with Gasteiger partial charge >= 0.3 is 0 Å². The third-order valence-corrected chi connectivity index (χ3v) is 2.97. The second-order valence-electron chi connectivity index (χ2n) is 3.94. The van der Waals surface area contributed by atoms with E-state index in [2.05, 4.69) is 6.07 Å². The molecule has 3 heteroatoms. The van der Waals surface area contributed by atoms with Crippen LogP contribution in [0.25, 0.3) is 0 Å². The number of benzene rings is 1. The number of carbonyl (C=O) groups excluding carboxylic acids is 1. The van der Waals surface area contributed by atoms with Crippen molar-refractivity contribution in [3.05, 3.63) is 29.3 Å². The molecule has 2 rings (SSSR count). The van der Waals surface area contributed by atoms with Crippen molar-refractivity contribution >= 4 is 11.6 Å². The molecule has 0 unspecified atom stereocenters. The van der Waals surface area contributed by atoms with Crippen LogP contribution in [0.2, 0.25) is 0 Å². The van der Waals surface area contributed by atoms with E-state index in [0.29, 0.717) is 13.0 Å². The minimum absolute atomic E-state index is 0.189. The minimum Gasteiger partial charge on any atom is -0.326 e. The molecule has 1 aliphatic rings. The molecule has 0 aliphatic carbocycles. The highest BCUT2D eigenvalue weighted by atomic mass is 16.2. The fourth-order valence-corrected chi connectivity index (χ4v) is 2.16. The van der Waals surface area contributed by atoms with Crippen molar-refractivity contribution in [2.24, 2.45) is 5.73 Å². The molecule has 1 aromatic carbocycles. The van der Waals surface area contributed by atoms with Crippen LogP contribution in [-0.2, 0) is 17.8 Å². The zero-order chi connectivity index (χ0) is 10.8. The maximum absolute atomic E-state index is 11.7. The largest absolute Gasteiger partial charge is 0.326 e. The molecular formula is C12H16N2O. The SMILES string of the molecule is CN1C(=O)CCCc2cccc(CN)c21. The molecule has 1 amide bonds. The standard InChI is InChI=1S/C12H16N2O/c1-14-11(15)7-3-5-9-4-2-6-10(8-13)12(9)14/h2,4,6H,3,5,7-8,13H2,1H3. The Bertz CT molecular complexity index is 387. The fraction of sp³-hybridized carbons (Fsp3) is 0.417. The summed E-state index contributed by atoms with van der Waals surface area (Å²) in [6.45, 7) is 0.487. The molecule has 1 aromatic rings. The molecule has 0 fully saturated rings. The molecule has 0 spiro atoms. The summed E-state index contributed by atoms with van der Waals surface area (Å²) in [4.78, 5) is 13.5. The highest BCUT2D eigenvalue weighted by Crippen LogP contribution is 2.29. The van der Waals surface area contributed by atoms with Crippen LogP contribution in [0.4, 0.5) is 5.69 Å². The van der Waals surface area contributed by atoms with E-state index in [1.54, 1.807) is 4.90 Å². The predicted molar refractivity (Wildman–Crippen MR) is 60.7 cm³/mol. The first-order chi connectivity index (χ1) is 7.24. The molecule has 0 bridgehead atoms. The molecule has 80 valence electrons. The van der Waals surface area contributed by atoms with Gasteiger partial charge in [0.05, 0.1) is 5.69 Å². The van der Waals surface area contributed by atoms with E-state index in [-0.39, 0.29) is 5.91 Å². The summed E-state index contributed by atoms with van der Waals surface area (Å²) in [5.74, 6) is 0.189. The van der Waals surface area contributed by atoms with Crippen molar-refractivity contribution < 1.29 is 4.79 Å². The predicted octanol–water partition coefficient (Wildman–Crippen LogP) is 1.44. The number of nitrogens with zero attached hydrogens (tertiary/aromatic N) is 1. The second-order valence-corrected chi connectivity index (χ2v) is 3.94. The van der Waals surface area contributed by atoms with E-state index in [4.69, 9.17) is 5.73 Å². The van der Waals surface area contributed by atoms with Crippen LogP contribution in [0, 0.1) is 0 Å². The number of nitrogens with two attached hydrogens (primary N) is 1. The first kappa shape index (κ1) is 10.2. The van der Waals surface area contributed by atoms with Gasteiger partial charge in [0, 0.05) is 20.0 Å². The monoisotopic (exact) mass is 204 g/mol. The number of hydrogen-bond acceptors (Lipinski definition) is 2. The molecule has 0 saturated carbocycles. The highest BCUT2D eigenvalue weighted by Gasteiger charge is 2.20. The lowest BCUT2D eigenvalue weighted by Gasteiger charge is -2.20. The highest BCUT2D eigenvalue weighted by molar-refractivity contribution is 5.95.